The van der Waals surface area contributed by atoms with Crippen LogP contribution < -0.4 is 5.32 Å². The van der Waals surface area contributed by atoms with Crippen molar-refractivity contribution in [1.29, 1.82) is 0 Å². The fourth-order valence-electron chi connectivity index (χ4n) is 4.12. The molecule has 2 atom stereocenters. The fourth-order valence-corrected chi connectivity index (χ4v) is 4.12. The van der Waals surface area contributed by atoms with E-state index in [1.54, 1.807) is 0 Å². The molecule has 7 heteroatoms. The molecule has 2 fully saturated rings. The van der Waals surface area contributed by atoms with Gasteiger partial charge in [-0.1, -0.05) is 30.3 Å². The highest BCUT2D eigenvalue weighted by molar-refractivity contribution is 5.85. The van der Waals surface area contributed by atoms with E-state index in [-0.39, 0.29) is 36.8 Å². The lowest BCUT2D eigenvalue weighted by atomic mass is 9.95. The van der Waals surface area contributed by atoms with Crippen molar-refractivity contribution in [2.45, 2.75) is 18.9 Å². The second kappa shape index (κ2) is 11.9. The first-order valence-corrected chi connectivity index (χ1v) is 9.60. The van der Waals surface area contributed by atoms with Gasteiger partial charge in [-0.2, -0.15) is 0 Å². The molecule has 2 unspecified atom stereocenters. The van der Waals surface area contributed by atoms with Crippen LogP contribution in [0.3, 0.4) is 0 Å². The maximum atomic E-state index is 13.5. The van der Waals surface area contributed by atoms with Crippen LogP contribution in [0, 0.1) is 5.92 Å². The van der Waals surface area contributed by atoms with Crippen LogP contribution in [0.2, 0.25) is 0 Å². The third-order valence-corrected chi connectivity index (χ3v) is 5.58. The van der Waals surface area contributed by atoms with Gasteiger partial charge in [0.2, 0.25) is 5.91 Å². The molecule has 27 heavy (non-hydrogen) atoms. The lowest BCUT2D eigenvalue weighted by Crippen LogP contribution is -2.52. The van der Waals surface area contributed by atoms with Crippen LogP contribution in [0.15, 0.2) is 30.3 Å². The number of hydrogen-bond donors (Lipinski definition) is 1. The molecular formula is C20H34Cl2N4O. The Kier molecular flexibility index (Phi) is 10.6. The van der Waals surface area contributed by atoms with Crippen LogP contribution in [-0.4, -0.2) is 80.5 Å². The molecule has 2 aliphatic heterocycles. The summed E-state index contributed by atoms with van der Waals surface area (Å²) in [6.07, 6.45) is 2.33. The molecule has 1 aromatic carbocycles. The molecule has 3 rings (SSSR count). The fraction of sp³-hybridized carbons (Fsp3) is 0.650. The number of amides is 1. The Morgan fingerprint density at radius 1 is 1.11 bits per heavy atom. The maximum absolute atomic E-state index is 13.5. The molecule has 2 saturated heterocycles. The van der Waals surface area contributed by atoms with Crippen molar-refractivity contribution < 1.29 is 4.79 Å². The van der Waals surface area contributed by atoms with Gasteiger partial charge in [0.25, 0.3) is 0 Å². The van der Waals surface area contributed by atoms with E-state index in [0.29, 0.717) is 5.92 Å². The van der Waals surface area contributed by atoms with Crippen molar-refractivity contribution in [2.75, 3.05) is 59.9 Å². The van der Waals surface area contributed by atoms with Gasteiger partial charge in [0.15, 0.2) is 0 Å². The molecule has 5 nitrogen and oxygen atoms in total. The predicted octanol–water partition coefficient (Wildman–Crippen LogP) is 2.28. The van der Waals surface area contributed by atoms with Gasteiger partial charge in [0.05, 0.1) is 0 Å². The van der Waals surface area contributed by atoms with Crippen molar-refractivity contribution in [3.63, 3.8) is 0 Å². The summed E-state index contributed by atoms with van der Waals surface area (Å²) in [5.74, 6) is 0.864. The number of benzene rings is 1. The van der Waals surface area contributed by atoms with Crippen LogP contribution >= 0.6 is 24.8 Å². The van der Waals surface area contributed by atoms with E-state index < -0.39 is 0 Å². The zero-order chi connectivity index (χ0) is 17.6. The normalized spacial score (nSPS) is 22.4. The minimum absolute atomic E-state index is 0. The Morgan fingerprint density at radius 3 is 2.41 bits per heavy atom. The average molecular weight is 417 g/mol. The number of hydrogen-bond acceptors (Lipinski definition) is 4. The Hall–Kier alpha value is -0.850. The number of carbonyl (C=O) groups excluding carboxylic acids is 1. The minimum atomic E-state index is -0.136. The summed E-state index contributed by atoms with van der Waals surface area (Å²) in [6.45, 7) is 6.74. The number of nitrogens with one attached hydrogen (secondary N) is 1. The Balaban J connectivity index is 0.00000182. The lowest BCUT2D eigenvalue weighted by Gasteiger charge is -2.41. The van der Waals surface area contributed by atoms with E-state index in [1.807, 2.05) is 25.2 Å². The third-order valence-electron chi connectivity index (χ3n) is 5.58. The second-order valence-corrected chi connectivity index (χ2v) is 7.50. The first kappa shape index (κ1) is 24.2. The minimum Gasteiger partial charge on any atom is -0.341 e. The van der Waals surface area contributed by atoms with E-state index in [2.05, 4.69) is 39.2 Å². The molecule has 0 saturated carbocycles. The molecule has 0 radical (unpaired) electrons. The summed E-state index contributed by atoms with van der Waals surface area (Å²) in [4.78, 5) is 20.3. The van der Waals surface area contributed by atoms with Crippen LogP contribution in [-0.2, 0) is 4.79 Å². The molecular weight excluding hydrogens is 383 g/mol. The quantitative estimate of drug-likeness (QED) is 0.798. The maximum Gasteiger partial charge on any atom is 0.244 e. The molecule has 0 aliphatic carbocycles. The monoisotopic (exact) mass is 416 g/mol. The van der Waals surface area contributed by atoms with Crippen LogP contribution in [0.4, 0.5) is 0 Å². The Bertz CT molecular complexity index is 550. The van der Waals surface area contributed by atoms with Crippen molar-refractivity contribution in [2.24, 2.45) is 5.92 Å². The number of halogens is 2. The molecule has 0 bridgehead atoms. The number of likely N-dealkylation sites (tertiary alicyclic amines) is 1. The number of nitrogens with zero attached hydrogens (tertiary/aromatic N) is 3. The third kappa shape index (κ3) is 6.33. The average Bonchev–Trinajstić information content (AvgIpc) is 2.65. The highest BCUT2D eigenvalue weighted by atomic mass is 35.5. The summed E-state index contributed by atoms with van der Waals surface area (Å²) in [6, 6.07) is 10.2. The molecule has 1 amide bonds. The van der Waals surface area contributed by atoms with Gasteiger partial charge < -0.3 is 15.1 Å². The summed E-state index contributed by atoms with van der Waals surface area (Å²) in [5.41, 5.74) is 1.13. The van der Waals surface area contributed by atoms with Gasteiger partial charge >= 0.3 is 0 Å². The van der Waals surface area contributed by atoms with Gasteiger partial charge in [0.1, 0.15) is 6.04 Å². The zero-order valence-corrected chi connectivity index (χ0v) is 18.1. The standard InChI is InChI=1S/C20H32N4O.2ClH/c1-21-15-17-7-6-10-24(16-17)20(25)19(18-8-4-3-5-9-18)23-13-11-22(2)12-14-23;;/h3-5,8-9,17,19,21H,6-7,10-16H2,1-2H3;2*1H. The van der Waals surface area contributed by atoms with E-state index in [4.69, 9.17) is 0 Å². The highest BCUT2D eigenvalue weighted by Crippen LogP contribution is 2.27. The van der Waals surface area contributed by atoms with Gasteiger partial charge in [-0.15, -0.1) is 24.8 Å². The Morgan fingerprint density at radius 2 is 1.78 bits per heavy atom. The molecule has 0 spiro atoms. The van der Waals surface area contributed by atoms with E-state index in [1.165, 1.54) is 6.42 Å². The summed E-state index contributed by atoms with van der Waals surface area (Å²) in [5, 5.41) is 3.27. The van der Waals surface area contributed by atoms with Gasteiger partial charge in [-0.05, 0) is 45.0 Å². The van der Waals surface area contributed by atoms with Crippen molar-refractivity contribution in [3.05, 3.63) is 35.9 Å². The van der Waals surface area contributed by atoms with Crippen LogP contribution in [0.25, 0.3) is 0 Å². The predicted molar refractivity (Wildman–Crippen MR) is 116 cm³/mol. The highest BCUT2D eigenvalue weighted by Gasteiger charge is 2.34. The smallest absolute Gasteiger partial charge is 0.244 e. The van der Waals surface area contributed by atoms with E-state index in [0.717, 1.165) is 57.8 Å². The van der Waals surface area contributed by atoms with E-state index >= 15 is 0 Å². The number of piperidine rings is 1. The SMILES string of the molecule is CNCC1CCCN(C(=O)C(c2ccccc2)N2CCN(C)CC2)C1.Cl.Cl. The molecule has 2 aliphatic rings. The van der Waals surface area contributed by atoms with Gasteiger partial charge in [-0.25, -0.2) is 0 Å². The topological polar surface area (TPSA) is 38.8 Å². The molecule has 0 aromatic heterocycles. The first-order valence-electron chi connectivity index (χ1n) is 9.60. The molecule has 2 heterocycles. The Labute approximate surface area is 176 Å². The van der Waals surface area contributed by atoms with Crippen molar-refractivity contribution in [1.82, 2.24) is 20.0 Å². The van der Waals surface area contributed by atoms with Crippen LogP contribution in [0.5, 0.6) is 0 Å². The summed E-state index contributed by atoms with van der Waals surface area (Å²) >= 11 is 0. The summed E-state index contributed by atoms with van der Waals surface area (Å²) < 4.78 is 0. The van der Waals surface area contributed by atoms with E-state index in [9.17, 15) is 4.79 Å². The van der Waals surface area contributed by atoms with Crippen molar-refractivity contribution >= 4 is 30.7 Å². The number of piperazine rings is 1. The molecule has 1 aromatic rings. The number of rotatable bonds is 5. The van der Waals surface area contributed by atoms with Gasteiger partial charge in [-0.3, -0.25) is 9.69 Å². The first-order chi connectivity index (χ1) is 12.2. The molecule has 1 N–H and O–H groups in total. The number of carbonyl (C=O) groups is 1. The zero-order valence-electron chi connectivity index (χ0n) is 16.5. The van der Waals surface area contributed by atoms with Gasteiger partial charge in [0, 0.05) is 39.3 Å². The molecule has 154 valence electrons. The number of likely N-dealkylation sites (N-methyl/N-ethyl adjacent to an activating group) is 1. The largest absolute Gasteiger partial charge is 0.341 e. The van der Waals surface area contributed by atoms with Crippen molar-refractivity contribution in [3.8, 4) is 0 Å². The van der Waals surface area contributed by atoms with Crippen LogP contribution in [0.1, 0.15) is 24.4 Å². The summed E-state index contributed by atoms with van der Waals surface area (Å²) in [7, 11) is 4.15. The lowest BCUT2D eigenvalue weighted by molar-refractivity contribution is -0.140. The second-order valence-electron chi connectivity index (χ2n) is 7.50.